The molecule has 1 saturated carbocycles. The molecule has 88 valence electrons. The summed E-state index contributed by atoms with van der Waals surface area (Å²) in [5, 5.41) is 0. The molecule has 1 N–H and O–H groups in total. The van der Waals surface area contributed by atoms with Gasteiger partial charge in [-0.2, -0.15) is 0 Å². The Hall–Kier alpha value is -2.23. The van der Waals surface area contributed by atoms with Crippen LogP contribution in [0, 0.1) is 0 Å². The minimum atomic E-state index is 0.708. The van der Waals surface area contributed by atoms with Gasteiger partial charge in [0.05, 0.1) is 5.52 Å². The van der Waals surface area contributed by atoms with Crippen LogP contribution >= 0.6 is 0 Å². The summed E-state index contributed by atoms with van der Waals surface area (Å²) in [6, 6.07) is 6.07. The Morgan fingerprint density at radius 1 is 1.22 bits per heavy atom. The van der Waals surface area contributed by atoms with Gasteiger partial charge in [0.25, 0.3) is 0 Å². The highest BCUT2D eigenvalue weighted by Gasteiger charge is 2.24. The van der Waals surface area contributed by atoms with Gasteiger partial charge in [-0.05, 0) is 42.5 Å². The van der Waals surface area contributed by atoms with Gasteiger partial charge in [0.1, 0.15) is 5.82 Å². The lowest BCUT2D eigenvalue weighted by Crippen LogP contribution is -1.86. The Bertz CT molecular complexity index is 679. The van der Waals surface area contributed by atoms with E-state index in [0.717, 1.165) is 22.6 Å². The lowest BCUT2D eigenvalue weighted by Gasteiger charge is -2.00. The maximum atomic E-state index is 4.50. The van der Waals surface area contributed by atoms with Crippen LogP contribution in [-0.2, 0) is 0 Å². The predicted molar refractivity (Wildman–Crippen MR) is 69.1 cm³/mol. The fourth-order valence-electron chi connectivity index (χ4n) is 2.21. The number of imidazole rings is 1. The normalized spacial score (nSPS) is 15.1. The van der Waals surface area contributed by atoms with Gasteiger partial charge in [-0.3, -0.25) is 4.98 Å². The van der Waals surface area contributed by atoms with Crippen LogP contribution in [0.1, 0.15) is 24.3 Å². The van der Waals surface area contributed by atoms with Gasteiger partial charge < -0.3 is 4.98 Å². The third-order valence-corrected chi connectivity index (χ3v) is 3.34. The van der Waals surface area contributed by atoms with Crippen molar-refractivity contribution in [1.29, 1.82) is 0 Å². The van der Waals surface area contributed by atoms with Gasteiger partial charge in [0.15, 0.2) is 5.65 Å². The number of nitrogens with zero attached hydrogens (tertiary/aromatic N) is 3. The SMILES string of the molecule is c1cnc2nc(-c3cncc(C4CC4)c3)[nH]c2c1. The summed E-state index contributed by atoms with van der Waals surface area (Å²) in [7, 11) is 0. The van der Waals surface area contributed by atoms with Crippen molar-refractivity contribution in [2.45, 2.75) is 18.8 Å². The smallest absolute Gasteiger partial charge is 0.178 e. The summed E-state index contributed by atoms with van der Waals surface area (Å²) in [4.78, 5) is 16.3. The molecule has 1 aliphatic carbocycles. The van der Waals surface area contributed by atoms with Crippen LogP contribution in [0.2, 0.25) is 0 Å². The van der Waals surface area contributed by atoms with Crippen molar-refractivity contribution in [3.05, 3.63) is 42.4 Å². The summed E-state index contributed by atoms with van der Waals surface area (Å²) < 4.78 is 0. The number of aromatic amines is 1. The third-order valence-electron chi connectivity index (χ3n) is 3.34. The quantitative estimate of drug-likeness (QED) is 0.744. The minimum Gasteiger partial charge on any atom is -0.337 e. The molecule has 0 aromatic carbocycles. The van der Waals surface area contributed by atoms with E-state index in [9.17, 15) is 0 Å². The molecule has 4 nitrogen and oxygen atoms in total. The number of aromatic nitrogens is 4. The van der Waals surface area contributed by atoms with Crippen LogP contribution in [-0.4, -0.2) is 19.9 Å². The Morgan fingerprint density at radius 3 is 3.00 bits per heavy atom. The van der Waals surface area contributed by atoms with Gasteiger partial charge in [-0.25, -0.2) is 9.97 Å². The highest BCUT2D eigenvalue weighted by Crippen LogP contribution is 2.40. The number of rotatable bonds is 2. The number of nitrogens with one attached hydrogen (secondary N) is 1. The van der Waals surface area contributed by atoms with Gasteiger partial charge >= 0.3 is 0 Å². The van der Waals surface area contributed by atoms with E-state index in [1.807, 2.05) is 24.5 Å². The first kappa shape index (κ1) is 9.76. The molecule has 3 aromatic rings. The molecule has 18 heavy (non-hydrogen) atoms. The Morgan fingerprint density at radius 2 is 2.17 bits per heavy atom. The first-order chi connectivity index (χ1) is 8.90. The first-order valence-corrected chi connectivity index (χ1v) is 6.16. The van der Waals surface area contributed by atoms with Crippen LogP contribution < -0.4 is 0 Å². The monoisotopic (exact) mass is 236 g/mol. The molecule has 4 heteroatoms. The molecule has 0 aliphatic heterocycles. The summed E-state index contributed by atoms with van der Waals surface area (Å²) in [5.41, 5.74) is 4.08. The molecular formula is C14H12N4. The zero-order valence-electron chi connectivity index (χ0n) is 9.80. The first-order valence-electron chi connectivity index (χ1n) is 6.16. The van der Waals surface area contributed by atoms with Crippen LogP contribution in [0.5, 0.6) is 0 Å². The molecule has 0 amide bonds. The maximum absolute atomic E-state index is 4.50. The topological polar surface area (TPSA) is 54.5 Å². The minimum absolute atomic E-state index is 0.708. The standard InChI is InChI=1S/C14H12N4/c1-2-12-14(16-5-1)18-13(17-12)11-6-10(7-15-8-11)9-3-4-9/h1-2,5-9H,3-4H2,(H,16,17,18). The molecular weight excluding hydrogens is 224 g/mol. The molecule has 0 radical (unpaired) electrons. The van der Waals surface area contributed by atoms with Crippen molar-refractivity contribution >= 4 is 11.2 Å². The van der Waals surface area contributed by atoms with E-state index in [0.29, 0.717) is 5.92 Å². The van der Waals surface area contributed by atoms with Crippen molar-refractivity contribution in [3.8, 4) is 11.4 Å². The summed E-state index contributed by atoms with van der Waals surface area (Å²) in [5.74, 6) is 1.55. The molecule has 3 aromatic heterocycles. The Kier molecular flexibility index (Phi) is 1.97. The predicted octanol–water partition coefficient (Wildman–Crippen LogP) is 2.90. The molecule has 0 bridgehead atoms. The molecule has 1 fully saturated rings. The van der Waals surface area contributed by atoms with E-state index in [-0.39, 0.29) is 0 Å². The number of hydrogen-bond donors (Lipinski definition) is 1. The van der Waals surface area contributed by atoms with Crippen LogP contribution in [0.15, 0.2) is 36.8 Å². The van der Waals surface area contributed by atoms with Crippen molar-refractivity contribution in [1.82, 2.24) is 19.9 Å². The average Bonchev–Trinajstić information content (AvgIpc) is 3.18. The highest BCUT2D eigenvalue weighted by molar-refractivity contribution is 5.75. The van der Waals surface area contributed by atoms with E-state index in [2.05, 4.69) is 26.0 Å². The van der Waals surface area contributed by atoms with Crippen LogP contribution in [0.4, 0.5) is 0 Å². The fraction of sp³-hybridized carbons (Fsp3) is 0.214. The Labute approximate surface area is 104 Å². The van der Waals surface area contributed by atoms with Gasteiger partial charge in [0, 0.05) is 24.2 Å². The molecule has 0 saturated heterocycles. The summed E-state index contributed by atoms with van der Waals surface area (Å²) >= 11 is 0. The van der Waals surface area contributed by atoms with Crippen LogP contribution in [0.25, 0.3) is 22.6 Å². The third kappa shape index (κ3) is 1.57. The fourth-order valence-corrected chi connectivity index (χ4v) is 2.21. The van der Waals surface area contributed by atoms with Gasteiger partial charge in [-0.15, -0.1) is 0 Å². The average molecular weight is 236 g/mol. The van der Waals surface area contributed by atoms with Gasteiger partial charge in [0.2, 0.25) is 0 Å². The number of fused-ring (bicyclic) bond motifs is 1. The summed E-state index contributed by atoms with van der Waals surface area (Å²) in [6.07, 6.45) is 8.14. The molecule has 4 rings (SSSR count). The second-order valence-corrected chi connectivity index (χ2v) is 4.74. The highest BCUT2D eigenvalue weighted by atomic mass is 15.0. The Balaban J connectivity index is 1.83. The largest absolute Gasteiger partial charge is 0.337 e. The maximum Gasteiger partial charge on any atom is 0.178 e. The van der Waals surface area contributed by atoms with Crippen molar-refractivity contribution < 1.29 is 0 Å². The van der Waals surface area contributed by atoms with Crippen molar-refractivity contribution in [2.24, 2.45) is 0 Å². The lowest BCUT2D eigenvalue weighted by molar-refractivity contribution is 1.09. The van der Waals surface area contributed by atoms with E-state index in [4.69, 9.17) is 0 Å². The van der Waals surface area contributed by atoms with E-state index in [1.165, 1.54) is 18.4 Å². The zero-order chi connectivity index (χ0) is 11.9. The number of H-pyrrole nitrogens is 1. The van der Waals surface area contributed by atoms with Crippen LogP contribution in [0.3, 0.4) is 0 Å². The molecule has 0 spiro atoms. The van der Waals surface area contributed by atoms with Crippen molar-refractivity contribution in [2.75, 3.05) is 0 Å². The summed E-state index contributed by atoms with van der Waals surface area (Å²) in [6.45, 7) is 0. The second kappa shape index (κ2) is 3.63. The van der Waals surface area contributed by atoms with E-state index < -0.39 is 0 Å². The van der Waals surface area contributed by atoms with E-state index >= 15 is 0 Å². The van der Waals surface area contributed by atoms with E-state index in [1.54, 1.807) is 6.20 Å². The lowest BCUT2D eigenvalue weighted by atomic mass is 10.1. The number of hydrogen-bond acceptors (Lipinski definition) is 3. The molecule has 1 aliphatic rings. The van der Waals surface area contributed by atoms with Crippen molar-refractivity contribution in [3.63, 3.8) is 0 Å². The second-order valence-electron chi connectivity index (χ2n) is 4.74. The number of pyridine rings is 2. The molecule has 0 unspecified atom stereocenters. The zero-order valence-corrected chi connectivity index (χ0v) is 9.80. The molecule has 3 heterocycles. The van der Waals surface area contributed by atoms with Gasteiger partial charge in [-0.1, -0.05) is 0 Å². The molecule has 0 atom stereocenters.